The summed E-state index contributed by atoms with van der Waals surface area (Å²) in [7, 11) is 1.69. The fraction of sp³-hybridized carbons (Fsp3) is 0.238. The largest absolute Gasteiger partial charge is 0.452 e. The van der Waals surface area contributed by atoms with Crippen LogP contribution in [-0.2, 0) is 4.74 Å². The minimum Gasteiger partial charge on any atom is -0.452 e. The monoisotopic (exact) mass is 445 g/mol. The predicted octanol–water partition coefficient (Wildman–Crippen LogP) is 5.10. The lowest BCUT2D eigenvalue weighted by atomic mass is 10.0. The molecule has 5 nitrogen and oxygen atoms in total. The molecule has 1 N–H and O–H groups in total. The molecule has 1 aliphatic heterocycles. The lowest BCUT2D eigenvalue weighted by Gasteiger charge is -2.25. The van der Waals surface area contributed by atoms with E-state index in [0.717, 1.165) is 21.4 Å². The summed E-state index contributed by atoms with van der Waals surface area (Å²) in [6.07, 6.45) is 1.79. The standard InChI is InChI=1S/C21H20ClN3O2S2/c1-26-13-12-25-20(19(24-21(25)28)16-4-2-3-11-23-16)17-9-10-18(27-17)29-15-7-5-14(22)6-8-15/h2-11,19-20H,12-13H2,1H3,(H,24,28)/t19-,20-/m1/s1. The Morgan fingerprint density at radius 1 is 1.21 bits per heavy atom. The van der Waals surface area contributed by atoms with E-state index in [4.69, 9.17) is 33.0 Å². The van der Waals surface area contributed by atoms with Crippen LogP contribution in [0, 0.1) is 0 Å². The number of benzene rings is 1. The third-order valence-corrected chi connectivity index (χ3v) is 6.19. The van der Waals surface area contributed by atoms with Crippen LogP contribution in [0.4, 0.5) is 0 Å². The molecule has 8 heteroatoms. The van der Waals surface area contributed by atoms with Gasteiger partial charge in [0.05, 0.1) is 18.3 Å². The number of aromatic nitrogens is 1. The third-order valence-electron chi connectivity index (χ3n) is 4.66. The van der Waals surface area contributed by atoms with Crippen LogP contribution in [0.2, 0.25) is 5.02 Å². The molecule has 2 atom stereocenters. The summed E-state index contributed by atoms with van der Waals surface area (Å²) in [6.45, 7) is 1.23. The van der Waals surface area contributed by atoms with Crippen molar-refractivity contribution >= 4 is 40.7 Å². The number of ether oxygens (including phenoxy) is 1. The summed E-state index contributed by atoms with van der Waals surface area (Å²) in [4.78, 5) is 7.70. The van der Waals surface area contributed by atoms with E-state index in [0.29, 0.717) is 23.3 Å². The first-order valence-electron chi connectivity index (χ1n) is 9.16. The van der Waals surface area contributed by atoms with Crippen LogP contribution >= 0.6 is 35.6 Å². The Morgan fingerprint density at radius 3 is 2.76 bits per heavy atom. The quantitative estimate of drug-likeness (QED) is 0.508. The van der Waals surface area contributed by atoms with E-state index in [-0.39, 0.29) is 12.1 Å². The molecular formula is C21H20ClN3O2S2. The molecule has 3 heterocycles. The molecule has 0 radical (unpaired) electrons. The van der Waals surface area contributed by atoms with Crippen LogP contribution < -0.4 is 5.32 Å². The van der Waals surface area contributed by atoms with Gasteiger partial charge in [0.1, 0.15) is 11.8 Å². The van der Waals surface area contributed by atoms with Gasteiger partial charge in [0, 0.05) is 29.8 Å². The highest BCUT2D eigenvalue weighted by molar-refractivity contribution is 7.99. The van der Waals surface area contributed by atoms with Crippen molar-refractivity contribution in [3.05, 3.63) is 77.3 Å². The topological polar surface area (TPSA) is 50.5 Å². The van der Waals surface area contributed by atoms with Gasteiger partial charge in [0.15, 0.2) is 10.2 Å². The Bertz CT molecular complexity index is 966. The van der Waals surface area contributed by atoms with Gasteiger partial charge in [-0.25, -0.2) is 0 Å². The zero-order valence-electron chi connectivity index (χ0n) is 15.7. The van der Waals surface area contributed by atoms with Crippen molar-refractivity contribution in [1.82, 2.24) is 15.2 Å². The molecule has 4 rings (SSSR count). The Kier molecular flexibility index (Phi) is 6.40. The Labute approximate surface area is 184 Å². The van der Waals surface area contributed by atoms with Crippen LogP contribution in [0.25, 0.3) is 0 Å². The van der Waals surface area contributed by atoms with E-state index in [2.05, 4.69) is 15.2 Å². The van der Waals surface area contributed by atoms with Crippen LogP contribution in [-0.4, -0.2) is 35.3 Å². The molecule has 1 fully saturated rings. The molecule has 150 valence electrons. The summed E-state index contributed by atoms with van der Waals surface area (Å²) in [5.41, 5.74) is 0.920. The van der Waals surface area contributed by atoms with Crippen molar-refractivity contribution in [2.24, 2.45) is 0 Å². The van der Waals surface area contributed by atoms with E-state index in [1.165, 1.54) is 0 Å². The lowest BCUT2D eigenvalue weighted by molar-refractivity contribution is 0.156. The number of hydrogen-bond acceptors (Lipinski definition) is 5. The number of thiocarbonyl (C=S) groups is 1. The van der Waals surface area contributed by atoms with Gasteiger partial charge in [-0.3, -0.25) is 4.98 Å². The molecule has 1 aliphatic rings. The highest BCUT2D eigenvalue weighted by Crippen LogP contribution is 2.41. The number of nitrogens with zero attached hydrogens (tertiary/aromatic N) is 2. The lowest BCUT2D eigenvalue weighted by Crippen LogP contribution is -2.32. The Hall–Kier alpha value is -2.06. The highest BCUT2D eigenvalue weighted by atomic mass is 35.5. The minimum atomic E-state index is -0.105. The van der Waals surface area contributed by atoms with Gasteiger partial charge >= 0.3 is 0 Å². The van der Waals surface area contributed by atoms with Gasteiger partial charge in [-0.15, -0.1) is 0 Å². The zero-order valence-corrected chi connectivity index (χ0v) is 18.1. The second-order valence-corrected chi connectivity index (χ2v) is 8.43. The molecule has 0 saturated carbocycles. The average Bonchev–Trinajstić information content (AvgIpc) is 3.32. The van der Waals surface area contributed by atoms with Crippen molar-refractivity contribution in [2.45, 2.75) is 22.1 Å². The summed E-state index contributed by atoms with van der Waals surface area (Å²) in [6, 6.07) is 17.4. The predicted molar refractivity (Wildman–Crippen MR) is 118 cm³/mol. The van der Waals surface area contributed by atoms with Crippen molar-refractivity contribution in [2.75, 3.05) is 20.3 Å². The number of methoxy groups -OCH3 is 1. The zero-order chi connectivity index (χ0) is 20.2. The second-order valence-electron chi connectivity index (χ2n) is 6.53. The maximum absolute atomic E-state index is 6.23. The van der Waals surface area contributed by atoms with Gasteiger partial charge in [0.25, 0.3) is 0 Å². The van der Waals surface area contributed by atoms with E-state index in [1.54, 1.807) is 25.1 Å². The number of halogens is 1. The maximum atomic E-state index is 6.23. The molecule has 0 unspecified atom stereocenters. The van der Waals surface area contributed by atoms with Gasteiger partial charge in [0.2, 0.25) is 0 Å². The maximum Gasteiger partial charge on any atom is 0.170 e. The van der Waals surface area contributed by atoms with Gasteiger partial charge in [-0.1, -0.05) is 29.4 Å². The summed E-state index contributed by atoms with van der Waals surface area (Å²) in [5.74, 6) is 0.834. The first-order chi connectivity index (χ1) is 14.2. The fourth-order valence-electron chi connectivity index (χ4n) is 3.31. The number of rotatable bonds is 7. The SMILES string of the molecule is COCCN1C(=S)N[C@H](c2ccccn2)[C@H]1c1ccc(Sc2ccc(Cl)cc2)o1. The van der Waals surface area contributed by atoms with Crippen molar-refractivity contribution in [3.63, 3.8) is 0 Å². The van der Waals surface area contributed by atoms with E-state index in [1.807, 2.05) is 54.6 Å². The molecule has 0 bridgehead atoms. The number of hydrogen-bond donors (Lipinski definition) is 1. The number of pyridine rings is 1. The van der Waals surface area contributed by atoms with Crippen LogP contribution in [0.3, 0.4) is 0 Å². The van der Waals surface area contributed by atoms with Gasteiger partial charge in [-0.05, 0) is 60.7 Å². The molecule has 1 aromatic carbocycles. The minimum absolute atomic E-state index is 0.0971. The first kappa shape index (κ1) is 20.2. The molecule has 3 aromatic rings. The van der Waals surface area contributed by atoms with Crippen LogP contribution in [0.1, 0.15) is 23.5 Å². The van der Waals surface area contributed by atoms with Gasteiger partial charge < -0.3 is 19.4 Å². The van der Waals surface area contributed by atoms with Crippen molar-refractivity contribution in [3.8, 4) is 0 Å². The number of nitrogens with one attached hydrogen (secondary N) is 1. The van der Waals surface area contributed by atoms with Crippen LogP contribution in [0.5, 0.6) is 0 Å². The average molecular weight is 446 g/mol. The van der Waals surface area contributed by atoms with E-state index < -0.39 is 0 Å². The first-order valence-corrected chi connectivity index (χ1v) is 10.8. The van der Waals surface area contributed by atoms with E-state index in [9.17, 15) is 0 Å². The molecule has 2 aromatic heterocycles. The summed E-state index contributed by atoms with van der Waals surface area (Å²) < 4.78 is 11.5. The van der Waals surface area contributed by atoms with Crippen molar-refractivity contribution < 1.29 is 9.15 Å². The molecular weight excluding hydrogens is 426 g/mol. The van der Waals surface area contributed by atoms with E-state index >= 15 is 0 Å². The Balaban J connectivity index is 1.62. The van der Waals surface area contributed by atoms with Crippen molar-refractivity contribution in [1.29, 1.82) is 0 Å². The van der Waals surface area contributed by atoms with Gasteiger partial charge in [-0.2, -0.15) is 0 Å². The Morgan fingerprint density at radius 2 is 2.03 bits per heavy atom. The molecule has 0 spiro atoms. The normalized spacial score (nSPS) is 18.8. The highest BCUT2D eigenvalue weighted by Gasteiger charge is 2.41. The number of furan rings is 1. The molecule has 0 amide bonds. The van der Waals surface area contributed by atoms with Crippen LogP contribution in [0.15, 0.2) is 75.2 Å². The summed E-state index contributed by atoms with van der Waals surface area (Å²) >= 11 is 13.1. The fourth-order valence-corrected chi connectivity index (χ4v) is 4.55. The molecule has 1 saturated heterocycles. The smallest absolute Gasteiger partial charge is 0.170 e. The second kappa shape index (κ2) is 9.17. The molecule has 0 aliphatic carbocycles. The third kappa shape index (κ3) is 4.59. The summed E-state index contributed by atoms with van der Waals surface area (Å²) in [5, 5.41) is 5.60. The molecule has 29 heavy (non-hydrogen) atoms.